The van der Waals surface area contributed by atoms with Gasteiger partial charge >= 0.3 is 0 Å². The first-order valence-corrected chi connectivity index (χ1v) is 10.3. The number of rotatable bonds is 3. The smallest absolute Gasteiger partial charge is 0.269 e. The maximum atomic E-state index is 13.1. The molecule has 28 heavy (non-hydrogen) atoms. The van der Waals surface area contributed by atoms with Gasteiger partial charge in [0.2, 0.25) is 11.1 Å². The zero-order valence-electron chi connectivity index (χ0n) is 15.5. The number of hydrogen-bond donors (Lipinski definition) is 1. The number of thioether (sulfide) groups is 1. The van der Waals surface area contributed by atoms with E-state index in [0.29, 0.717) is 40.1 Å². The first-order chi connectivity index (χ1) is 13.2. The molecule has 1 aliphatic heterocycles. The van der Waals surface area contributed by atoms with Gasteiger partial charge in [-0.3, -0.25) is 14.9 Å². The molecular weight excluding hydrogens is 402 g/mol. The highest BCUT2D eigenvalue weighted by Gasteiger charge is 2.42. The van der Waals surface area contributed by atoms with Crippen LogP contribution < -0.4 is 5.32 Å². The second-order valence-corrected chi connectivity index (χ2v) is 8.87. The third-order valence-corrected chi connectivity index (χ3v) is 5.86. The third-order valence-electron chi connectivity index (χ3n) is 4.98. The van der Waals surface area contributed by atoms with Crippen LogP contribution in [0.3, 0.4) is 0 Å². The van der Waals surface area contributed by atoms with E-state index in [-0.39, 0.29) is 16.9 Å². The van der Waals surface area contributed by atoms with Crippen LogP contribution in [-0.2, 0) is 4.79 Å². The van der Waals surface area contributed by atoms with Crippen LogP contribution in [0.2, 0.25) is 5.02 Å². The number of carbonyl (C=O) groups excluding carboxylic acids is 1. The molecule has 1 aliphatic carbocycles. The number of aromatic nitrogens is 3. The molecule has 0 radical (unpaired) electrons. The fraction of sp³-hybridized carbons (Fsp3) is 0.389. The van der Waals surface area contributed by atoms with Crippen molar-refractivity contribution in [1.29, 1.82) is 0 Å². The zero-order valence-corrected chi connectivity index (χ0v) is 17.1. The standard InChI is InChI=1S/C18H18ClN5O3S/c1-18(2)7-12-14(13(25)8-18)15(23-16(20-12)21-17(22-23)28-3)10-6-9(24(26)27)4-5-11(10)19/h4-6,15H,7-8H2,1-3H3,(H,20,21,22). The van der Waals surface area contributed by atoms with Gasteiger partial charge in [0.25, 0.3) is 5.69 Å². The van der Waals surface area contributed by atoms with Crippen LogP contribution in [0.5, 0.6) is 0 Å². The Morgan fingerprint density at radius 1 is 1.39 bits per heavy atom. The Kier molecular flexibility index (Phi) is 4.46. The van der Waals surface area contributed by atoms with Gasteiger partial charge in [-0.25, -0.2) is 4.68 Å². The first-order valence-electron chi connectivity index (χ1n) is 8.68. The van der Waals surface area contributed by atoms with Gasteiger partial charge in [-0.1, -0.05) is 37.2 Å². The van der Waals surface area contributed by atoms with Gasteiger partial charge < -0.3 is 5.32 Å². The van der Waals surface area contributed by atoms with E-state index in [1.54, 1.807) is 4.68 Å². The van der Waals surface area contributed by atoms with E-state index >= 15 is 0 Å². The second-order valence-electron chi connectivity index (χ2n) is 7.69. The largest absolute Gasteiger partial charge is 0.328 e. The summed E-state index contributed by atoms with van der Waals surface area (Å²) in [7, 11) is 0. The molecule has 0 saturated carbocycles. The average molecular weight is 420 g/mol. The Labute approximate surface area is 170 Å². The molecule has 0 saturated heterocycles. The minimum Gasteiger partial charge on any atom is -0.328 e. The van der Waals surface area contributed by atoms with Crippen LogP contribution in [0.4, 0.5) is 11.6 Å². The van der Waals surface area contributed by atoms with Crippen LogP contribution in [0.1, 0.15) is 38.3 Å². The predicted octanol–water partition coefficient (Wildman–Crippen LogP) is 4.22. The molecule has 2 aliphatic rings. The van der Waals surface area contributed by atoms with Gasteiger partial charge in [0.05, 0.1) is 4.92 Å². The van der Waals surface area contributed by atoms with Crippen molar-refractivity contribution >= 4 is 40.8 Å². The summed E-state index contributed by atoms with van der Waals surface area (Å²) in [5.74, 6) is 0.486. The molecule has 1 atom stereocenters. The van der Waals surface area contributed by atoms with E-state index in [0.717, 1.165) is 5.70 Å². The summed E-state index contributed by atoms with van der Waals surface area (Å²) in [5, 5.41) is 19.9. The SMILES string of the molecule is CSc1nc2n(n1)C(c1cc([N+](=O)[O-])ccc1Cl)C1=C(CC(C)(C)CC1=O)N2. The molecule has 2 aromatic rings. The number of nitrogens with zero attached hydrogens (tertiary/aromatic N) is 4. The quantitative estimate of drug-likeness (QED) is 0.451. The molecular formula is C18H18ClN5O3S. The number of nitrogens with one attached hydrogen (secondary N) is 1. The van der Waals surface area contributed by atoms with E-state index in [9.17, 15) is 14.9 Å². The number of nitro benzene ring substituents is 1. The number of fused-ring (bicyclic) bond motifs is 1. The Balaban J connectivity index is 1.96. The highest BCUT2D eigenvalue weighted by molar-refractivity contribution is 7.98. The van der Waals surface area contributed by atoms with E-state index in [4.69, 9.17) is 11.6 Å². The Hall–Kier alpha value is -2.39. The Bertz CT molecular complexity index is 1050. The minimum absolute atomic E-state index is 0.0156. The summed E-state index contributed by atoms with van der Waals surface area (Å²) in [6, 6.07) is 3.60. The van der Waals surface area contributed by atoms with Crippen molar-refractivity contribution in [3.8, 4) is 0 Å². The topological polar surface area (TPSA) is 103 Å². The molecule has 146 valence electrons. The van der Waals surface area contributed by atoms with Crippen molar-refractivity contribution in [3.63, 3.8) is 0 Å². The number of halogens is 1. The monoisotopic (exact) mass is 419 g/mol. The molecule has 0 bridgehead atoms. The van der Waals surface area contributed by atoms with Crippen LogP contribution in [0.25, 0.3) is 0 Å². The number of nitro groups is 1. The lowest BCUT2D eigenvalue weighted by Gasteiger charge is -2.38. The molecule has 1 N–H and O–H groups in total. The number of non-ortho nitro benzene ring substituents is 1. The first kappa shape index (κ1) is 18.9. The number of allylic oxidation sites excluding steroid dienone is 2. The highest BCUT2D eigenvalue weighted by atomic mass is 35.5. The maximum Gasteiger partial charge on any atom is 0.269 e. The summed E-state index contributed by atoms with van der Waals surface area (Å²) in [6.45, 7) is 4.08. The van der Waals surface area contributed by atoms with Crippen molar-refractivity contribution in [2.45, 2.75) is 37.9 Å². The summed E-state index contributed by atoms with van der Waals surface area (Å²) in [6.07, 6.45) is 2.91. The predicted molar refractivity (Wildman–Crippen MR) is 107 cm³/mol. The van der Waals surface area contributed by atoms with Crippen molar-refractivity contribution in [2.75, 3.05) is 11.6 Å². The van der Waals surface area contributed by atoms with Crippen molar-refractivity contribution in [2.24, 2.45) is 5.41 Å². The number of benzene rings is 1. The molecule has 1 aromatic carbocycles. The molecule has 0 spiro atoms. The van der Waals surface area contributed by atoms with Gasteiger partial charge in [0.1, 0.15) is 6.04 Å². The summed E-state index contributed by atoms with van der Waals surface area (Å²) in [4.78, 5) is 28.4. The van der Waals surface area contributed by atoms with Gasteiger partial charge in [-0.05, 0) is 24.2 Å². The zero-order chi connectivity index (χ0) is 20.2. The molecule has 10 heteroatoms. The van der Waals surface area contributed by atoms with Crippen LogP contribution in [0.15, 0.2) is 34.6 Å². The molecule has 2 heterocycles. The number of Topliss-reactive ketones (excluding diaryl/α,β-unsaturated/α-hetero) is 1. The summed E-state index contributed by atoms with van der Waals surface area (Å²) < 4.78 is 1.60. The Morgan fingerprint density at radius 2 is 2.14 bits per heavy atom. The lowest BCUT2D eigenvalue weighted by atomic mass is 9.73. The van der Waals surface area contributed by atoms with Gasteiger partial charge in [-0.15, -0.1) is 5.10 Å². The third kappa shape index (κ3) is 3.08. The van der Waals surface area contributed by atoms with Gasteiger partial charge in [-0.2, -0.15) is 4.98 Å². The molecule has 0 fully saturated rings. The molecule has 4 rings (SSSR count). The van der Waals surface area contributed by atoms with Crippen LogP contribution >= 0.6 is 23.4 Å². The normalized spacial score (nSPS) is 20.4. The molecule has 8 nitrogen and oxygen atoms in total. The average Bonchev–Trinajstić information content (AvgIpc) is 3.02. The second kappa shape index (κ2) is 6.59. The van der Waals surface area contributed by atoms with E-state index in [2.05, 4.69) is 15.4 Å². The molecule has 1 aromatic heterocycles. The number of hydrogen-bond acceptors (Lipinski definition) is 7. The van der Waals surface area contributed by atoms with Crippen molar-refractivity contribution < 1.29 is 9.72 Å². The van der Waals surface area contributed by atoms with E-state index < -0.39 is 11.0 Å². The number of carbonyl (C=O) groups is 1. The van der Waals surface area contributed by atoms with E-state index in [1.807, 2.05) is 20.1 Å². The number of ketones is 1. The minimum atomic E-state index is -0.657. The van der Waals surface area contributed by atoms with Gasteiger partial charge in [0, 0.05) is 40.4 Å². The van der Waals surface area contributed by atoms with Crippen LogP contribution in [-0.4, -0.2) is 31.7 Å². The lowest BCUT2D eigenvalue weighted by Crippen LogP contribution is -2.36. The van der Waals surface area contributed by atoms with Gasteiger partial charge in [0.15, 0.2) is 5.78 Å². The maximum absolute atomic E-state index is 13.1. The summed E-state index contributed by atoms with van der Waals surface area (Å²) in [5.41, 5.74) is 1.52. The fourth-order valence-corrected chi connectivity index (χ4v) is 4.39. The van der Waals surface area contributed by atoms with Crippen LogP contribution in [0, 0.1) is 15.5 Å². The van der Waals surface area contributed by atoms with E-state index in [1.165, 1.54) is 30.0 Å². The van der Waals surface area contributed by atoms with Crippen molar-refractivity contribution in [3.05, 3.63) is 50.2 Å². The molecule has 1 unspecified atom stereocenters. The lowest BCUT2D eigenvalue weighted by molar-refractivity contribution is -0.384. The number of anilines is 1. The summed E-state index contributed by atoms with van der Waals surface area (Å²) >= 11 is 7.81. The highest BCUT2D eigenvalue weighted by Crippen LogP contribution is 2.47. The van der Waals surface area contributed by atoms with Crippen molar-refractivity contribution in [1.82, 2.24) is 14.8 Å². The Morgan fingerprint density at radius 3 is 2.82 bits per heavy atom. The fourth-order valence-electron chi connectivity index (χ4n) is 3.82. The molecule has 0 amide bonds.